The number of nitrogens with one attached hydrogen (secondary N) is 1. The van der Waals surface area contributed by atoms with E-state index in [4.69, 9.17) is 0 Å². The van der Waals surface area contributed by atoms with Gasteiger partial charge in [0.2, 0.25) is 10.0 Å². The third-order valence-electron chi connectivity index (χ3n) is 5.08. The van der Waals surface area contributed by atoms with Gasteiger partial charge in [-0.3, -0.25) is 4.79 Å². The maximum Gasteiger partial charge on any atom is 0.252 e. The summed E-state index contributed by atoms with van der Waals surface area (Å²) in [7, 11) is -0.550. The molecule has 4 aromatic rings. The van der Waals surface area contributed by atoms with Crippen LogP contribution in [0.5, 0.6) is 0 Å². The van der Waals surface area contributed by atoms with Crippen molar-refractivity contribution >= 4 is 26.8 Å². The van der Waals surface area contributed by atoms with Crippen LogP contribution >= 0.6 is 0 Å². The second kappa shape index (κ2) is 8.52. The highest BCUT2D eigenvalue weighted by Gasteiger charge is 2.17. The first-order chi connectivity index (χ1) is 15.3. The number of amides is 1. The highest BCUT2D eigenvalue weighted by Crippen LogP contribution is 2.22. The number of hydrogen-bond acceptors (Lipinski definition) is 4. The van der Waals surface area contributed by atoms with E-state index in [1.807, 2.05) is 6.07 Å². The van der Waals surface area contributed by atoms with Gasteiger partial charge in [-0.05, 0) is 54.1 Å². The molecule has 0 aliphatic rings. The first-order valence-corrected chi connectivity index (χ1v) is 11.2. The van der Waals surface area contributed by atoms with Crippen molar-refractivity contribution in [1.82, 2.24) is 19.4 Å². The summed E-state index contributed by atoms with van der Waals surface area (Å²) in [5, 5.41) is 7.88. The Balaban J connectivity index is 1.53. The number of carbonyl (C=O) groups excluding carboxylic acids is 1. The van der Waals surface area contributed by atoms with Gasteiger partial charge in [-0.1, -0.05) is 18.2 Å². The van der Waals surface area contributed by atoms with E-state index in [1.54, 1.807) is 47.3 Å². The molecule has 0 fully saturated rings. The predicted molar refractivity (Wildman–Crippen MR) is 120 cm³/mol. The molecule has 1 heterocycles. The fourth-order valence-corrected chi connectivity index (χ4v) is 4.21. The van der Waals surface area contributed by atoms with E-state index in [-0.39, 0.29) is 23.2 Å². The number of aromatic nitrogens is 2. The monoisotopic (exact) mass is 452 g/mol. The van der Waals surface area contributed by atoms with E-state index in [0.717, 1.165) is 15.4 Å². The predicted octanol–water partition coefficient (Wildman–Crippen LogP) is 3.34. The van der Waals surface area contributed by atoms with Gasteiger partial charge in [0.05, 0.1) is 27.9 Å². The lowest BCUT2D eigenvalue weighted by Crippen LogP contribution is -2.23. The van der Waals surface area contributed by atoms with E-state index in [2.05, 4.69) is 10.4 Å². The summed E-state index contributed by atoms with van der Waals surface area (Å²) in [6.07, 6.45) is 1.61. The lowest BCUT2D eigenvalue weighted by Gasteiger charge is -2.12. The SMILES string of the molecule is CN(C)S(=O)(=O)c1ccc(CNC(=O)c2cccc3c2cnn3-c2ccc(F)cc2)cc1. The summed E-state index contributed by atoms with van der Waals surface area (Å²) in [5.74, 6) is -0.614. The van der Waals surface area contributed by atoms with Crippen molar-refractivity contribution < 1.29 is 17.6 Å². The van der Waals surface area contributed by atoms with Crippen LogP contribution in [0.4, 0.5) is 4.39 Å². The zero-order valence-electron chi connectivity index (χ0n) is 17.5. The number of fused-ring (bicyclic) bond motifs is 1. The Hall–Kier alpha value is -3.56. The molecule has 1 amide bonds. The smallest absolute Gasteiger partial charge is 0.252 e. The van der Waals surface area contributed by atoms with Crippen LogP contribution in [0.15, 0.2) is 77.8 Å². The molecule has 0 saturated carbocycles. The second-order valence-electron chi connectivity index (χ2n) is 7.39. The largest absolute Gasteiger partial charge is 0.348 e. The van der Waals surface area contributed by atoms with E-state index in [1.165, 1.54) is 38.4 Å². The lowest BCUT2D eigenvalue weighted by atomic mass is 10.1. The van der Waals surface area contributed by atoms with Crippen LogP contribution in [0.1, 0.15) is 15.9 Å². The zero-order valence-corrected chi connectivity index (χ0v) is 18.3. The minimum absolute atomic E-state index is 0.190. The number of nitrogens with zero attached hydrogens (tertiary/aromatic N) is 3. The molecule has 0 aliphatic heterocycles. The van der Waals surface area contributed by atoms with Crippen LogP contribution in [0, 0.1) is 5.82 Å². The highest BCUT2D eigenvalue weighted by molar-refractivity contribution is 7.89. The fraction of sp³-hybridized carbons (Fsp3) is 0.130. The van der Waals surface area contributed by atoms with Crippen molar-refractivity contribution in [3.8, 4) is 5.69 Å². The number of halogens is 1. The maximum absolute atomic E-state index is 13.2. The standard InChI is InChI=1S/C23H21FN4O3S/c1-27(2)32(30,31)19-12-6-16(7-13-19)14-25-23(29)20-4-3-5-22-21(20)15-26-28(22)18-10-8-17(24)9-11-18/h3-13,15H,14H2,1-2H3,(H,25,29). The molecular formula is C23H21FN4O3S. The molecule has 4 rings (SSSR count). The number of benzene rings is 3. The molecule has 0 atom stereocenters. The molecule has 1 aromatic heterocycles. The van der Waals surface area contributed by atoms with E-state index >= 15 is 0 Å². The van der Waals surface area contributed by atoms with E-state index in [0.29, 0.717) is 16.6 Å². The Morgan fingerprint density at radius 2 is 1.72 bits per heavy atom. The molecule has 164 valence electrons. The number of rotatable bonds is 6. The molecule has 0 spiro atoms. The second-order valence-corrected chi connectivity index (χ2v) is 9.54. The normalized spacial score (nSPS) is 11.8. The van der Waals surface area contributed by atoms with Crippen molar-refractivity contribution in [3.05, 3.63) is 89.9 Å². The van der Waals surface area contributed by atoms with Crippen LogP contribution in [0.2, 0.25) is 0 Å². The van der Waals surface area contributed by atoms with Gasteiger partial charge in [0.25, 0.3) is 5.91 Å². The first-order valence-electron chi connectivity index (χ1n) is 9.80. The Kier molecular flexibility index (Phi) is 5.77. The molecule has 0 saturated heterocycles. The van der Waals surface area contributed by atoms with Crippen LogP contribution in [0.25, 0.3) is 16.6 Å². The fourth-order valence-electron chi connectivity index (χ4n) is 3.30. The third kappa shape index (κ3) is 4.12. The molecule has 1 N–H and O–H groups in total. The van der Waals surface area contributed by atoms with Gasteiger partial charge in [-0.2, -0.15) is 5.10 Å². The summed E-state index contributed by atoms with van der Waals surface area (Å²) in [6, 6.07) is 17.6. The average molecular weight is 453 g/mol. The summed E-state index contributed by atoms with van der Waals surface area (Å²) in [5.41, 5.74) is 2.64. The van der Waals surface area contributed by atoms with Crippen LogP contribution in [-0.2, 0) is 16.6 Å². The van der Waals surface area contributed by atoms with Gasteiger partial charge in [-0.15, -0.1) is 0 Å². The van der Waals surface area contributed by atoms with Crippen LogP contribution in [-0.4, -0.2) is 42.5 Å². The van der Waals surface area contributed by atoms with Gasteiger partial charge in [-0.25, -0.2) is 21.8 Å². The molecule has 0 bridgehead atoms. The number of carbonyl (C=O) groups is 1. The third-order valence-corrected chi connectivity index (χ3v) is 6.91. The molecule has 32 heavy (non-hydrogen) atoms. The molecule has 7 nitrogen and oxygen atoms in total. The number of sulfonamides is 1. The van der Waals surface area contributed by atoms with E-state index in [9.17, 15) is 17.6 Å². The Morgan fingerprint density at radius 1 is 1.03 bits per heavy atom. The number of hydrogen-bond donors (Lipinski definition) is 1. The minimum atomic E-state index is -3.50. The first kappa shape index (κ1) is 21.7. The van der Waals surface area contributed by atoms with Crippen LogP contribution in [0.3, 0.4) is 0 Å². The molecule has 3 aromatic carbocycles. The van der Waals surface area contributed by atoms with Gasteiger partial charge >= 0.3 is 0 Å². The van der Waals surface area contributed by atoms with E-state index < -0.39 is 10.0 Å². The summed E-state index contributed by atoms with van der Waals surface area (Å²) >= 11 is 0. The molecule has 9 heteroatoms. The van der Waals surface area contributed by atoms with Gasteiger partial charge in [0.15, 0.2) is 0 Å². The van der Waals surface area contributed by atoms with Gasteiger partial charge in [0, 0.05) is 26.0 Å². The Labute approximate surface area is 185 Å². The topological polar surface area (TPSA) is 84.3 Å². The van der Waals surface area contributed by atoms with Gasteiger partial charge < -0.3 is 5.32 Å². The summed E-state index contributed by atoms with van der Waals surface area (Å²) in [6.45, 7) is 0.240. The summed E-state index contributed by atoms with van der Waals surface area (Å²) < 4.78 is 40.4. The minimum Gasteiger partial charge on any atom is -0.348 e. The Morgan fingerprint density at radius 3 is 2.38 bits per heavy atom. The lowest BCUT2D eigenvalue weighted by molar-refractivity contribution is 0.0952. The summed E-state index contributed by atoms with van der Waals surface area (Å²) in [4.78, 5) is 13.0. The highest BCUT2D eigenvalue weighted by atomic mass is 32.2. The van der Waals surface area contributed by atoms with Crippen molar-refractivity contribution in [3.63, 3.8) is 0 Å². The molecule has 0 aliphatic carbocycles. The molecular weight excluding hydrogens is 431 g/mol. The Bertz CT molecular complexity index is 1380. The van der Waals surface area contributed by atoms with Crippen LogP contribution < -0.4 is 5.32 Å². The average Bonchev–Trinajstić information content (AvgIpc) is 3.22. The quantitative estimate of drug-likeness (QED) is 0.486. The van der Waals surface area contributed by atoms with Crippen molar-refractivity contribution in [1.29, 1.82) is 0 Å². The molecule has 0 unspecified atom stereocenters. The van der Waals surface area contributed by atoms with Gasteiger partial charge in [0.1, 0.15) is 5.82 Å². The van der Waals surface area contributed by atoms with Crippen molar-refractivity contribution in [2.75, 3.05) is 14.1 Å². The molecule has 0 radical (unpaired) electrons. The van der Waals surface area contributed by atoms with Crippen molar-refractivity contribution in [2.45, 2.75) is 11.4 Å². The van der Waals surface area contributed by atoms with Crippen molar-refractivity contribution in [2.24, 2.45) is 0 Å². The maximum atomic E-state index is 13.2. The zero-order chi connectivity index (χ0) is 22.9.